The van der Waals surface area contributed by atoms with Crippen molar-refractivity contribution in [2.45, 2.75) is 44.8 Å². The van der Waals surface area contributed by atoms with Crippen LogP contribution in [0.2, 0.25) is 0 Å². The lowest BCUT2D eigenvalue weighted by molar-refractivity contribution is -0.106. The number of hydrogen-bond acceptors (Lipinski definition) is 4. The summed E-state index contributed by atoms with van der Waals surface area (Å²) in [4.78, 5) is 4.02. The molecule has 3 N–H and O–H groups in total. The molecule has 0 saturated carbocycles. The highest BCUT2D eigenvalue weighted by atomic mass is 16.5. The number of aliphatic hydroxyl groups excluding tert-OH is 1. The Balaban J connectivity index is 2.84. The summed E-state index contributed by atoms with van der Waals surface area (Å²) in [7, 11) is 1.64. The molecule has 1 aromatic rings. The van der Waals surface area contributed by atoms with Gasteiger partial charge in [0.25, 0.3) is 0 Å². The van der Waals surface area contributed by atoms with Crippen LogP contribution in [0.15, 0.2) is 18.3 Å². The monoisotopic (exact) mass is 238 g/mol. The minimum Gasteiger partial charge on any atom is -0.390 e. The van der Waals surface area contributed by atoms with Gasteiger partial charge in [0.2, 0.25) is 0 Å². The number of nitrogens with zero attached hydrogens (tertiary/aromatic N) is 1. The molecule has 1 aromatic heterocycles. The maximum absolute atomic E-state index is 10.3. The van der Waals surface area contributed by atoms with Gasteiger partial charge in [0.15, 0.2) is 0 Å². The van der Waals surface area contributed by atoms with E-state index in [1.807, 2.05) is 26.0 Å². The van der Waals surface area contributed by atoms with E-state index in [2.05, 4.69) is 4.98 Å². The van der Waals surface area contributed by atoms with Crippen LogP contribution in [0, 0.1) is 0 Å². The van der Waals surface area contributed by atoms with Gasteiger partial charge < -0.3 is 15.6 Å². The van der Waals surface area contributed by atoms with E-state index in [1.54, 1.807) is 13.3 Å². The van der Waals surface area contributed by atoms with Crippen LogP contribution in [-0.4, -0.2) is 28.9 Å². The Hall–Kier alpha value is -1.13. The third kappa shape index (κ3) is 2.96. The third-order valence-electron chi connectivity index (χ3n) is 3.55. The third-order valence-corrected chi connectivity index (χ3v) is 3.55. The van der Waals surface area contributed by atoms with Gasteiger partial charge in [-0.3, -0.25) is 0 Å². The summed E-state index contributed by atoms with van der Waals surface area (Å²) < 4.78 is 5.50. The minimum absolute atomic E-state index is 0.467. The van der Waals surface area contributed by atoms with Crippen molar-refractivity contribution in [1.29, 1.82) is 0 Å². The van der Waals surface area contributed by atoms with Crippen LogP contribution in [0.25, 0.3) is 0 Å². The summed E-state index contributed by atoms with van der Waals surface area (Å²) in [6.07, 6.45) is 3.07. The second-order valence-corrected chi connectivity index (χ2v) is 4.24. The van der Waals surface area contributed by atoms with E-state index in [0.29, 0.717) is 12.2 Å². The average molecular weight is 238 g/mol. The van der Waals surface area contributed by atoms with Gasteiger partial charge in [0.1, 0.15) is 5.82 Å². The fraction of sp³-hybridized carbons (Fsp3) is 0.615. The summed E-state index contributed by atoms with van der Waals surface area (Å²) in [6, 6.07) is 3.71. The first kappa shape index (κ1) is 13.9. The summed E-state index contributed by atoms with van der Waals surface area (Å²) in [5.41, 5.74) is 6.14. The highest BCUT2D eigenvalue weighted by Crippen LogP contribution is 2.27. The zero-order chi connectivity index (χ0) is 12.9. The van der Waals surface area contributed by atoms with E-state index >= 15 is 0 Å². The standard InChI is InChI=1S/C13H22N2O2/c1-4-13(5-2,17-3)11(16)9-10-7-6-8-15-12(10)14/h6-8,11,16H,4-5,9H2,1-3H3,(H2,14,15). The van der Waals surface area contributed by atoms with Gasteiger partial charge in [0, 0.05) is 19.7 Å². The molecule has 0 radical (unpaired) electrons. The van der Waals surface area contributed by atoms with Crippen LogP contribution < -0.4 is 5.73 Å². The first-order chi connectivity index (χ1) is 8.09. The molecule has 0 spiro atoms. The topological polar surface area (TPSA) is 68.4 Å². The zero-order valence-corrected chi connectivity index (χ0v) is 10.8. The number of anilines is 1. The van der Waals surface area contributed by atoms with Crippen molar-refractivity contribution in [2.75, 3.05) is 12.8 Å². The van der Waals surface area contributed by atoms with E-state index in [9.17, 15) is 5.11 Å². The summed E-state index contributed by atoms with van der Waals surface area (Å²) >= 11 is 0. The number of nitrogen functional groups attached to an aromatic ring is 1. The quantitative estimate of drug-likeness (QED) is 0.792. The van der Waals surface area contributed by atoms with Crippen LogP contribution in [0.4, 0.5) is 5.82 Å². The number of pyridine rings is 1. The first-order valence-corrected chi connectivity index (χ1v) is 6.02. The Morgan fingerprint density at radius 2 is 2.12 bits per heavy atom. The Bertz CT molecular complexity index is 343. The molecule has 96 valence electrons. The number of ether oxygens (including phenoxy) is 1. The lowest BCUT2D eigenvalue weighted by Gasteiger charge is -2.35. The molecule has 0 saturated heterocycles. The summed E-state index contributed by atoms with van der Waals surface area (Å²) in [6.45, 7) is 4.03. The minimum atomic E-state index is -0.575. The van der Waals surface area contributed by atoms with Crippen molar-refractivity contribution in [3.8, 4) is 0 Å². The van der Waals surface area contributed by atoms with Gasteiger partial charge in [0.05, 0.1) is 11.7 Å². The SMILES string of the molecule is CCC(CC)(OC)C(O)Cc1cccnc1N. The van der Waals surface area contributed by atoms with E-state index in [4.69, 9.17) is 10.5 Å². The molecular formula is C13H22N2O2. The second kappa shape index (κ2) is 5.98. The molecule has 1 atom stereocenters. The maximum Gasteiger partial charge on any atom is 0.126 e. The van der Waals surface area contributed by atoms with Crippen molar-refractivity contribution in [3.63, 3.8) is 0 Å². The normalized spacial score (nSPS) is 13.6. The van der Waals surface area contributed by atoms with Crippen molar-refractivity contribution in [1.82, 2.24) is 4.98 Å². The highest BCUT2D eigenvalue weighted by Gasteiger charge is 2.34. The van der Waals surface area contributed by atoms with Crippen LogP contribution in [0.1, 0.15) is 32.3 Å². The van der Waals surface area contributed by atoms with Crippen LogP contribution in [0.5, 0.6) is 0 Å². The molecule has 0 fully saturated rings. The molecule has 1 rings (SSSR count). The Morgan fingerprint density at radius 1 is 1.47 bits per heavy atom. The Kier molecular flexibility index (Phi) is 4.90. The second-order valence-electron chi connectivity index (χ2n) is 4.24. The smallest absolute Gasteiger partial charge is 0.126 e. The fourth-order valence-electron chi connectivity index (χ4n) is 2.16. The van der Waals surface area contributed by atoms with Gasteiger partial charge >= 0.3 is 0 Å². The zero-order valence-electron chi connectivity index (χ0n) is 10.8. The lowest BCUT2D eigenvalue weighted by Crippen LogP contribution is -2.44. The van der Waals surface area contributed by atoms with E-state index in [0.717, 1.165) is 18.4 Å². The van der Waals surface area contributed by atoms with Crippen LogP contribution in [0.3, 0.4) is 0 Å². The largest absolute Gasteiger partial charge is 0.390 e. The Labute approximate surface area is 103 Å². The molecule has 17 heavy (non-hydrogen) atoms. The van der Waals surface area contributed by atoms with Crippen molar-refractivity contribution < 1.29 is 9.84 Å². The molecule has 0 aromatic carbocycles. The van der Waals surface area contributed by atoms with Crippen molar-refractivity contribution in [2.24, 2.45) is 0 Å². The van der Waals surface area contributed by atoms with Gasteiger partial charge in [-0.25, -0.2) is 4.98 Å². The first-order valence-electron chi connectivity index (χ1n) is 6.02. The van der Waals surface area contributed by atoms with Crippen LogP contribution in [-0.2, 0) is 11.2 Å². The van der Waals surface area contributed by atoms with Gasteiger partial charge in [-0.15, -0.1) is 0 Å². The number of methoxy groups -OCH3 is 1. The van der Waals surface area contributed by atoms with Crippen molar-refractivity contribution in [3.05, 3.63) is 23.9 Å². The number of aromatic nitrogens is 1. The van der Waals surface area contributed by atoms with Crippen molar-refractivity contribution >= 4 is 5.82 Å². The van der Waals surface area contributed by atoms with Gasteiger partial charge in [-0.05, 0) is 24.5 Å². The number of nitrogens with two attached hydrogens (primary N) is 1. The lowest BCUT2D eigenvalue weighted by atomic mass is 9.87. The number of rotatable bonds is 6. The fourth-order valence-corrected chi connectivity index (χ4v) is 2.16. The molecule has 4 heteroatoms. The molecular weight excluding hydrogens is 216 g/mol. The molecule has 0 aliphatic carbocycles. The van der Waals surface area contributed by atoms with E-state index in [-0.39, 0.29) is 0 Å². The summed E-state index contributed by atoms with van der Waals surface area (Å²) in [5.74, 6) is 0.476. The van der Waals surface area contributed by atoms with E-state index in [1.165, 1.54) is 0 Å². The molecule has 0 aliphatic heterocycles. The molecule has 0 bridgehead atoms. The number of aliphatic hydroxyl groups is 1. The number of hydrogen-bond donors (Lipinski definition) is 2. The molecule has 1 unspecified atom stereocenters. The van der Waals surface area contributed by atoms with Gasteiger partial charge in [-0.1, -0.05) is 19.9 Å². The summed E-state index contributed by atoms with van der Waals surface area (Å²) in [5, 5.41) is 10.3. The maximum atomic E-state index is 10.3. The molecule has 4 nitrogen and oxygen atoms in total. The molecule has 0 aliphatic rings. The predicted octanol–water partition coefficient (Wildman–Crippen LogP) is 1.77. The molecule has 1 heterocycles. The molecule has 0 amide bonds. The average Bonchev–Trinajstić information content (AvgIpc) is 2.35. The highest BCUT2D eigenvalue weighted by molar-refractivity contribution is 5.39. The Morgan fingerprint density at radius 3 is 2.59 bits per heavy atom. The van der Waals surface area contributed by atoms with Crippen LogP contribution >= 0.6 is 0 Å². The predicted molar refractivity (Wildman–Crippen MR) is 68.7 cm³/mol. The van der Waals surface area contributed by atoms with Gasteiger partial charge in [-0.2, -0.15) is 0 Å². The van der Waals surface area contributed by atoms with E-state index < -0.39 is 11.7 Å².